The lowest BCUT2D eigenvalue weighted by Gasteiger charge is -2.24. The third kappa shape index (κ3) is 7.58. The Labute approximate surface area is 273 Å². The van der Waals surface area contributed by atoms with E-state index in [0.717, 1.165) is 63.1 Å². The van der Waals surface area contributed by atoms with E-state index in [-0.39, 0.29) is 10.6 Å². The monoisotopic (exact) mass is 655 g/mol. The number of fused-ring (bicyclic) bond motifs is 3. The number of ether oxygens (including phenoxy) is 2. The van der Waals surface area contributed by atoms with Crippen LogP contribution in [-0.2, 0) is 26.6 Å². The molecule has 3 heterocycles. The summed E-state index contributed by atoms with van der Waals surface area (Å²) in [6, 6.07) is 24.1. The van der Waals surface area contributed by atoms with Gasteiger partial charge >= 0.3 is 5.69 Å². The molecule has 0 atom stereocenters. The van der Waals surface area contributed by atoms with Crippen molar-refractivity contribution >= 4 is 37.7 Å². The molecule has 0 fully saturated rings. The molecule has 1 N–H and O–H groups in total. The first-order chi connectivity index (χ1) is 22.6. The lowest BCUT2D eigenvalue weighted by molar-refractivity contribution is 0.190. The lowest BCUT2D eigenvalue weighted by atomic mass is 10.0. The Morgan fingerprint density at radius 2 is 1.55 bits per heavy atom. The van der Waals surface area contributed by atoms with E-state index < -0.39 is 10.1 Å². The fraction of sp³-hybridized carbons (Fsp3) is 0.229. The summed E-state index contributed by atoms with van der Waals surface area (Å²) in [6.45, 7) is 4.58. The van der Waals surface area contributed by atoms with Crippen LogP contribution in [0.1, 0.15) is 5.56 Å². The van der Waals surface area contributed by atoms with Crippen LogP contribution >= 0.6 is 0 Å². The number of imidazole rings is 1. The summed E-state index contributed by atoms with van der Waals surface area (Å²) in [6.07, 6.45) is 5.36. The molecule has 0 bridgehead atoms. The maximum atomic E-state index is 13.4. The molecule has 6 rings (SSSR count). The van der Waals surface area contributed by atoms with Crippen LogP contribution in [0, 0.1) is 6.92 Å². The van der Waals surface area contributed by atoms with E-state index in [9.17, 15) is 13.2 Å². The van der Waals surface area contributed by atoms with Crippen molar-refractivity contribution in [3.63, 3.8) is 0 Å². The van der Waals surface area contributed by atoms with Gasteiger partial charge in [0.05, 0.1) is 46.5 Å². The first kappa shape index (κ1) is 33.5. The number of benzene rings is 3. The van der Waals surface area contributed by atoms with Gasteiger partial charge in [-0.25, -0.2) is 4.79 Å². The Hall–Kier alpha value is -4.88. The summed E-state index contributed by atoms with van der Waals surface area (Å²) in [7, 11) is 1.16. The van der Waals surface area contributed by atoms with Crippen LogP contribution < -0.4 is 10.6 Å². The fourth-order valence-electron chi connectivity index (χ4n) is 5.25. The van der Waals surface area contributed by atoms with Crippen molar-refractivity contribution in [1.82, 2.24) is 19.1 Å². The molecule has 3 aromatic heterocycles. The quantitative estimate of drug-likeness (QED) is 0.196. The second-order valence-electron chi connectivity index (χ2n) is 10.9. The van der Waals surface area contributed by atoms with E-state index in [1.165, 1.54) is 12.1 Å². The van der Waals surface area contributed by atoms with E-state index in [4.69, 9.17) is 14.0 Å². The molecule has 0 radical (unpaired) electrons. The number of nitrogens with zero attached hydrogens (tertiary/aromatic N) is 5. The smallest absolute Gasteiger partial charge is 0.333 e. The van der Waals surface area contributed by atoms with Gasteiger partial charge in [0.15, 0.2) is 0 Å². The summed E-state index contributed by atoms with van der Waals surface area (Å²) in [5, 5.41) is 0.914. The predicted octanol–water partition coefficient (Wildman–Crippen LogP) is 5.28. The van der Waals surface area contributed by atoms with Crippen LogP contribution in [0.3, 0.4) is 0 Å². The number of methoxy groups -OCH3 is 2. The average Bonchev–Trinajstić information content (AvgIpc) is 3.34. The average molecular weight is 656 g/mol. The Morgan fingerprint density at radius 1 is 0.872 bits per heavy atom. The van der Waals surface area contributed by atoms with Crippen LogP contribution in [0.25, 0.3) is 38.8 Å². The molecule has 0 unspecified atom stereocenters. The van der Waals surface area contributed by atoms with E-state index in [1.54, 1.807) is 54.9 Å². The SMILES string of the molecule is COCCN(CCOC)c1ccc(-n2c(=O)n(C)c3cnc4ccc(-c5cccnc5)cc4c32)cc1.Cc1ccc(S(=O)(=O)O)cc1. The van der Waals surface area contributed by atoms with Gasteiger partial charge in [0.1, 0.15) is 0 Å². The van der Waals surface area contributed by atoms with Crippen LogP contribution in [0.4, 0.5) is 5.69 Å². The lowest BCUT2D eigenvalue weighted by Crippen LogP contribution is -2.30. The van der Waals surface area contributed by atoms with Crippen molar-refractivity contribution in [1.29, 1.82) is 0 Å². The number of hydrogen-bond donors (Lipinski definition) is 1. The van der Waals surface area contributed by atoms with Gasteiger partial charge in [0.2, 0.25) is 0 Å². The Kier molecular flexibility index (Phi) is 10.5. The van der Waals surface area contributed by atoms with Gasteiger partial charge in [-0.2, -0.15) is 8.42 Å². The molecule has 0 spiro atoms. The van der Waals surface area contributed by atoms with Crippen molar-refractivity contribution in [2.24, 2.45) is 7.05 Å². The van der Waals surface area contributed by atoms with Crippen molar-refractivity contribution in [2.75, 3.05) is 45.4 Å². The van der Waals surface area contributed by atoms with Gasteiger partial charge in [-0.3, -0.25) is 23.7 Å². The fourth-order valence-corrected chi connectivity index (χ4v) is 5.73. The molecule has 6 aromatic rings. The number of pyridine rings is 2. The molecule has 0 aliphatic heterocycles. The molecule has 11 nitrogen and oxygen atoms in total. The standard InChI is InChI=1S/C28H29N5O3.C7H8O3S/c1-31-26-19-30-25-11-6-20(21-5-4-12-29-18-21)17-24(25)27(26)33(28(31)34)23-9-7-22(8-10-23)32(13-15-35-2)14-16-36-3;1-6-2-4-7(5-3-6)11(8,9)10/h4-12,17-19H,13-16H2,1-3H3;2-5H,1H3,(H,8,9,10). The van der Waals surface area contributed by atoms with Crippen LogP contribution in [0.5, 0.6) is 0 Å². The Bertz CT molecular complexity index is 2120. The van der Waals surface area contributed by atoms with Gasteiger partial charge in [-0.1, -0.05) is 29.8 Å². The predicted molar refractivity (Wildman–Crippen MR) is 184 cm³/mol. The first-order valence-electron chi connectivity index (χ1n) is 14.9. The highest BCUT2D eigenvalue weighted by molar-refractivity contribution is 7.85. The minimum absolute atomic E-state index is 0.0666. The van der Waals surface area contributed by atoms with Gasteiger partial charge in [0, 0.05) is 63.4 Å². The zero-order chi connectivity index (χ0) is 33.6. The van der Waals surface area contributed by atoms with Crippen molar-refractivity contribution in [3.05, 3.63) is 114 Å². The second-order valence-corrected chi connectivity index (χ2v) is 12.3. The zero-order valence-corrected chi connectivity index (χ0v) is 27.5. The molecule has 0 amide bonds. The molecule has 0 aliphatic rings. The third-order valence-electron chi connectivity index (χ3n) is 7.80. The minimum atomic E-state index is -4.02. The summed E-state index contributed by atoms with van der Waals surface area (Å²) in [5.74, 6) is 0. The highest BCUT2D eigenvalue weighted by Crippen LogP contribution is 2.30. The second kappa shape index (κ2) is 14.7. The van der Waals surface area contributed by atoms with E-state index in [0.29, 0.717) is 13.2 Å². The van der Waals surface area contributed by atoms with E-state index in [2.05, 4.69) is 20.9 Å². The van der Waals surface area contributed by atoms with Crippen LogP contribution in [-0.4, -0.2) is 72.6 Å². The van der Waals surface area contributed by atoms with Gasteiger partial charge in [0.25, 0.3) is 10.1 Å². The number of hydrogen-bond acceptors (Lipinski definition) is 8. The van der Waals surface area contributed by atoms with Crippen LogP contribution in [0.2, 0.25) is 0 Å². The van der Waals surface area contributed by atoms with E-state index in [1.807, 2.05) is 61.7 Å². The van der Waals surface area contributed by atoms with E-state index >= 15 is 0 Å². The third-order valence-corrected chi connectivity index (χ3v) is 8.67. The minimum Gasteiger partial charge on any atom is -0.383 e. The number of rotatable bonds is 10. The molecule has 0 saturated heterocycles. The molecule has 0 aliphatic carbocycles. The summed E-state index contributed by atoms with van der Waals surface area (Å²) >= 11 is 0. The maximum Gasteiger partial charge on any atom is 0.333 e. The largest absolute Gasteiger partial charge is 0.383 e. The van der Waals surface area contributed by atoms with Crippen LogP contribution in [0.15, 0.2) is 107 Å². The molecule has 3 aromatic carbocycles. The number of aromatic nitrogens is 4. The topological polar surface area (TPSA) is 129 Å². The van der Waals surface area contributed by atoms with Gasteiger partial charge in [-0.05, 0) is 67.1 Å². The maximum absolute atomic E-state index is 13.4. The number of anilines is 1. The molecule has 47 heavy (non-hydrogen) atoms. The molecule has 244 valence electrons. The van der Waals surface area contributed by atoms with Gasteiger partial charge in [-0.15, -0.1) is 0 Å². The first-order valence-corrected chi connectivity index (χ1v) is 16.3. The molecular formula is C35H37N5O6S. The zero-order valence-electron chi connectivity index (χ0n) is 26.7. The Morgan fingerprint density at radius 3 is 2.15 bits per heavy atom. The highest BCUT2D eigenvalue weighted by atomic mass is 32.2. The molecular weight excluding hydrogens is 618 g/mol. The Balaban J connectivity index is 0.000000335. The summed E-state index contributed by atoms with van der Waals surface area (Å²) in [5.41, 5.74) is 7.16. The molecule has 12 heteroatoms. The highest BCUT2D eigenvalue weighted by Gasteiger charge is 2.17. The van der Waals surface area contributed by atoms with Gasteiger partial charge < -0.3 is 14.4 Å². The van der Waals surface area contributed by atoms with Crippen molar-refractivity contribution < 1.29 is 22.4 Å². The molecule has 0 saturated carbocycles. The summed E-state index contributed by atoms with van der Waals surface area (Å²) in [4.78, 5) is 24.5. The summed E-state index contributed by atoms with van der Waals surface area (Å²) < 4.78 is 43.5. The van der Waals surface area contributed by atoms with Crippen molar-refractivity contribution in [2.45, 2.75) is 11.8 Å². The normalized spacial score (nSPS) is 11.4. The van der Waals surface area contributed by atoms with Crippen molar-refractivity contribution in [3.8, 4) is 16.8 Å². The number of aryl methyl sites for hydroxylation is 2.